The molecule has 1 aromatic carbocycles. The molecule has 0 radical (unpaired) electrons. The predicted molar refractivity (Wildman–Crippen MR) is 98.1 cm³/mol. The Morgan fingerprint density at radius 1 is 1.04 bits per heavy atom. The van der Waals surface area contributed by atoms with Crippen molar-refractivity contribution < 1.29 is 18.8 Å². The molecule has 26 heavy (non-hydrogen) atoms. The van der Waals surface area contributed by atoms with Crippen LogP contribution in [0.1, 0.15) is 24.4 Å². The average Bonchev–Trinajstić information content (AvgIpc) is 3.03. The first kappa shape index (κ1) is 19.3. The normalized spacial score (nSPS) is 10.5. The Kier molecular flexibility index (Phi) is 6.99. The van der Waals surface area contributed by atoms with E-state index in [0.29, 0.717) is 16.5 Å². The lowest BCUT2D eigenvalue weighted by Crippen LogP contribution is -2.41. The summed E-state index contributed by atoms with van der Waals surface area (Å²) in [5, 5.41) is 3.02. The molecule has 1 heterocycles. The second-order valence-electron chi connectivity index (χ2n) is 5.35. The first-order valence-corrected chi connectivity index (χ1v) is 8.19. The number of para-hydroxylation sites is 1. The number of benzene rings is 1. The molecule has 136 valence electrons. The molecule has 1 aromatic heterocycles. The maximum absolute atomic E-state index is 11.8. The number of hydrogen-bond acceptors (Lipinski definition) is 4. The van der Waals surface area contributed by atoms with Gasteiger partial charge in [0.25, 0.3) is 5.91 Å². The topological polar surface area (TPSA) is 100 Å². The molecule has 2 aromatic rings. The molecular weight excluding hydrogens is 358 g/mol. The molecule has 0 aliphatic heterocycles. The van der Waals surface area contributed by atoms with Gasteiger partial charge in [0, 0.05) is 18.9 Å². The van der Waals surface area contributed by atoms with Crippen LogP contribution in [0.3, 0.4) is 0 Å². The molecule has 0 aliphatic rings. The van der Waals surface area contributed by atoms with E-state index >= 15 is 0 Å². The van der Waals surface area contributed by atoms with Gasteiger partial charge < -0.3 is 9.73 Å². The molecule has 0 saturated carbocycles. The fourth-order valence-corrected chi connectivity index (χ4v) is 2.12. The van der Waals surface area contributed by atoms with Gasteiger partial charge in [-0.3, -0.25) is 25.2 Å². The number of furan rings is 1. The number of aryl methyl sites for hydroxylation is 1. The molecule has 3 amide bonds. The molecule has 0 saturated heterocycles. The van der Waals surface area contributed by atoms with E-state index in [-0.39, 0.29) is 18.7 Å². The Morgan fingerprint density at radius 2 is 1.77 bits per heavy atom. The number of nitrogens with one attached hydrogen (secondary N) is 3. The SMILES string of the molecule is Cc1ccc(/C=C/C(=O)NNC(=O)CCC(=O)Nc2ccccc2Cl)o1. The maximum atomic E-state index is 11.8. The van der Waals surface area contributed by atoms with Crippen LogP contribution in [0.2, 0.25) is 5.02 Å². The zero-order chi connectivity index (χ0) is 18.9. The molecule has 0 unspecified atom stereocenters. The average molecular weight is 376 g/mol. The lowest BCUT2D eigenvalue weighted by molar-refractivity contribution is -0.128. The van der Waals surface area contributed by atoms with Crippen molar-refractivity contribution in [1.82, 2.24) is 10.9 Å². The van der Waals surface area contributed by atoms with Gasteiger partial charge in [0.05, 0.1) is 10.7 Å². The number of hydrazine groups is 1. The van der Waals surface area contributed by atoms with Crippen LogP contribution in [0.25, 0.3) is 6.08 Å². The summed E-state index contributed by atoms with van der Waals surface area (Å²) >= 11 is 5.94. The van der Waals surface area contributed by atoms with Gasteiger partial charge in [-0.15, -0.1) is 0 Å². The predicted octanol–water partition coefficient (Wildman–Crippen LogP) is 2.82. The van der Waals surface area contributed by atoms with Crippen LogP contribution in [-0.4, -0.2) is 17.7 Å². The molecule has 0 fully saturated rings. The maximum Gasteiger partial charge on any atom is 0.262 e. The Labute approximate surface area is 155 Å². The van der Waals surface area contributed by atoms with Crippen LogP contribution < -0.4 is 16.2 Å². The van der Waals surface area contributed by atoms with E-state index in [2.05, 4.69) is 16.2 Å². The third-order valence-corrected chi connectivity index (χ3v) is 3.54. The number of carbonyl (C=O) groups excluding carboxylic acids is 3. The highest BCUT2D eigenvalue weighted by molar-refractivity contribution is 6.33. The van der Waals surface area contributed by atoms with Crippen LogP contribution in [0.4, 0.5) is 5.69 Å². The Balaban J connectivity index is 1.68. The summed E-state index contributed by atoms with van der Waals surface area (Å²) in [6.07, 6.45) is 2.57. The fourth-order valence-electron chi connectivity index (χ4n) is 1.94. The number of amides is 3. The largest absolute Gasteiger partial charge is 0.462 e. The van der Waals surface area contributed by atoms with Crippen molar-refractivity contribution in [2.75, 3.05) is 5.32 Å². The summed E-state index contributed by atoms with van der Waals surface area (Å²) in [6, 6.07) is 10.3. The summed E-state index contributed by atoms with van der Waals surface area (Å²) in [5.41, 5.74) is 4.93. The van der Waals surface area contributed by atoms with E-state index in [1.165, 1.54) is 12.2 Å². The number of anilines is 1. The van der Waals surface area contributed by atoms with E-state index < -0.39 is 11.8 Å². The van der Waals surface area contributed by atoms with Gasteiger partial charge in [-0.25, -0.2) is 0 Å². The zero-order valence-electron chi connectivity index (χ0n) is 14.0. The van der Waals surface area contributed by atoms with E-state index in [0.717, 1.165) is 5.76 Å². The first-order valence-electron chi connectivity index (χ1n) is 7.82. The number of carbonyl (C=O) groups is 3. The number of hydrogen-bond donors (Lipinski definition) is 3. The lowest BCUT2D eigenvalue weighted by Gasteiger charge is -2.07. The minimum absolute atomic E-state index is 0.0472. The van der Waals surface area contributed by atoms with Crippen molar-refractivity contribution in [2.24, 2.45) is 0 Å². The van der Waals surface area contributed by atoms with Gasteiger partial charge in [0.15, 0.2) is 0 Å². The third kappa shape index (κ3) is 6.45. The van der Waals surface area contributed by atoms with Gasteiger partial charge in [-0.2, -0.15) is 0 Å². The summed E-state index contributed by atoms with van der Waals surface area (Å²) in [4.78, 5) is 35.1. The van der Waals surface area contributed by atoms with Crippen LogP contribution in [0, 0.1) is 6.92 Å². The summed E-state index contributed by atoms with van der Waals surface area (Å²) in [6.45, 7) is 1.79. The Morgan fingerprint density at radius 3 is 2.46 bits per heavy atom. The quantitative estimate of drug-likeness (QED) is 0.533. The minimum atomic E-state index is -0.520. The molecule has 0 spiro atoms. The second kappa shape index (κ2) is 9.43. The van der Waals surface area contributed by atoms with Crippen molar-refractivity contribution in [2.45, 2.75) is 19.8 Å². The van der Waals surface area contributed by atoms with Gasteiger partial charge in [-0.05, 0) is 37.3 Å². The van der Waals surface area contributed by atoms with Crippen molar-refractivity contribution in [3.63, 3.8) is 0 Å². The van der Waals surface area contributed by atoms with E-state index in [1.54, 1.807) is 43.3 Å². The molecule has 7 nitrogen and oxygen atoms in total. The van der Waals surface area contributed by atoms with Crippen molar-refractivity contribution in [3.8, 4) is 0 Å². The van der Waals surface area contributed by atoms with Crippen LogP contribution >= 0.6 is 11.6 Å². The Bertz CT molecular complexity index is 829. The third-order valence-electron chi connectivity index (χ3n) is 3.21. The smallest absolute Gasteiger partial charge is 0.262 e. The molecule has 3 N–H and O–H groups in total. The minimum Gasteiger partial charge on any atom is -0.462 e. The molecular formula is C18H18ClN3O4. The standard InChI is InChI=1S/C18H18ClN3O4/c1-12-6-7-13(26-12)8-9-17(24)21-22-18(25)11-10-16(23)20-15-5-3-2-4-14(15)19/h2-9H,10-11H2,1H3,(H,20,23)(H,21,24)(H,22,25)/b9-8+. The van der Waals surface area contributed by atoms with Crippen molar-refractivity contribution in [1.29, 1.82) is 0 Å². The van der Waals surface area contributed by atoms with Gasteiger partial charge >= 0.3 is 0 Å². The van der Waals surface area contributed by atoms with E-state index in [1.807, 2.05) is 0 Å². The van der Waals surface area contributed by atoms with Gasteiger partial charge in [0.1, 0.15) is 11.5 Å². The number of rotatable bonds is 6. The van der Waals surface area contributed by atoms with Gasteiger partial charge in [-0.1, -0.05) is 23.7 Å². The summed E-state index contributed by atoms with van der Waals surface area (Å²) < 4.78 is 5.27. The molecule has 0 bridgehead atoms. The van der Waals surface area contributed by atoms with E-state index in [9.17, 15) is 14.4 Å². The molecule has 2 rings (SSSR count). The zero-order valence-corrected chi connectivity index (χ0v) is 14.8. The summed E-state index contributed by atoms with van der Waals surface area (Å²) in [7, 11) is 0. The lowest BCUT2D eigenvalue weighted by atomic mass is 10.2. The Hall–Kier alpha value is -3.06. The molecule has 0 atom stereocenters. The molecule has 8 heteroatoms. The number of halogens is 1. The van der Waals surface area contributed by atoms with Gasteiger partial charge in [0.2, 0.25) is 11.8 Å². The monoisotopic (exact) mass is 375 g/mol. The molecule has 0 aliphatic carbocycles. The van der Waals surface area contributed by atoms with Crippen molar-refractivity contribution >= 4 is 41.1 Å². The van der Waals surface area contributed by atoms with Crippen LogP contribution in [0.5, 0.6) is 0 Å². The van der Waals surface area contributed by atoms with E-state index in [4.69, 9.17) is 16.0 Å². The summed E-state index contributed by atoms with van der Waals surface area (Å²) in [5.74, 6) is -0.107. The second-order valence-corrected chi connectivity index (χ2v) is 5.75. The van der Waals surface area contributed by atoms with Crippen LogP contribution in [0.15, 0.2) is 46.9 Å². The highest BCUT2D eigenvalue weighted by Crippen LogP contribution is 2.20. The highest BCUT2D eigenvalue weighted by Gasteiger charge is 2.09. The van der Waals surface area contributed by atoms with Crippen LogP contribution in [-0.2, 0) is 14.4 Å². The first-order chi connectivity index (χ1) is 12.4. The highest BCUT2D eigenvalue weighted by atomic mass is 35.5. The fraction of sp³-hybridized carbons (Fsp3) is 0.167. The van der Waals surface area contributed by atoms with Crippen molar-refractivity contribution in [3.05, 3.63) is 59.0 Å².